The molecule has 0 saturated carbocycles. The molecule has 0 unspecified atom stereocenters. The highest BCUT2D eigenvalue weighted by atomic mass is 15.0. The van der Waals surface area contributed by atoms with Gasteiger partial charge in [-0.15, -0.1) is 0 Å². The Morgan fingerprint density at radius 3 is 1.75 bits per heavy atom. The molecule has 7 aromatic carbocycles. The molecule has 0 bridgehead atoms. The molecule has 0 spiro atoms. The molecule has 0 fully saturated rings. The minimum Gasteiger partial charge on any atom is -0.309 e. The Balaban J connectivity index is 1.45. The van der Waals surface area contributed by atoms with Crippen LogP contribution in [0.5, 0.6) is 0 Å². The Labute approximate surface area is 257 Å². The van der Waals surface area contributed by atoms with E-state index in [-0.39, 0.29) is 0 Å². The zero-order chi connectivity index (χ0) is 29.6. The van der Waals surface area contributed by atoms with E-state index in [1.807, 2.05) is 6.08 Å². The Morgan fingerprint density at radius 1 is 0.523 bits per heavy atom. The minimum absolute atomic E-state index is 1.14. The average molecular weight is 562 g/mol. The van der Waals surface area contributed by atoms with E-state index in [0.717, 1.165) is 11.3 Å². The highest BCUT2D eigenvalue weighted by Crippen LogP contribution is 2.43. The molecular weight excluding hydrogens is 530 g/mol. The van der Waals surface area contributed by atoms with Crippen LogP contribution >= 0.6 is 0 Å². The second-order valence-corrected chi connectivity index (χ2v) is 11.3. The zero-order valence-electron chi connectivity index (χ0n) is 24.7. The van der Waals surface area contributed by atoms with E-state index < -0.39 is 0 Å². The first-order valence-electron chi connectivity index (χ1n) is 15.2. The molecule has 1 aromatic heterocycles. The molecule has 44 heavy (non-hydrogen) atoms. The highest BCUT2D eigenvalue weighted by molar-refractivity contribution is 6.32. The molecular formula is C43H31N. The van der Waals surface area contributed by atoms with Crippen molar-refractivity contribution in [1.82, 2.24) is 4.57 Å². The van der Waals surface area contributed by atoms with Crippen molar-refractivity contribution in [3.8, 4) is 27.9 Å². The van der Waals surface area contributed by atoms with E-state index in [9.17, 15) is 0 Å². The molecule has 0 aliphatic rings. The van der Waals surface area contributed by atoms with Crippen LogP contribution in [0.25, 0.3) is 83.4 Å². The van der Waals surface area contributed by atoms with E-state index in [4.69, 9.17) is 0 Å². The van der Waals surface area contributed by atoms with Crippen molar-refractivity contribution in [1.29, 1.82) is 0 Å². The highest BCUT2D eigenvalue weighted by Gasteiger charge is 2.20. The van der Waals surface area contributed by atoms with Gasteiger partial charge in [0.05, 0.1) is 11.0 Å². The summed E-state index contributed by atoms with van der Waals surface area (Å²) in [6, 6.07) is 50.7. The fourth-order valence-corrected chi connectivity index (χ4v) is 6.92. The molecule has 0 saturated heterocycles. The second kappa shape index (κ2) is 10.6. The molecule has 208 valence electrons. The maximum atomic E-state index is 4.16. The van der Waals surface area contributed by atoms with Crippen molar-refractivity contribution >= 4 is 55.5 Å². The third-order valence-corrected chi connectivity index (χ3v) is 8.86. The first-order chi connectivity index (χ1) is 21.8. The molecule has 0 aliphatic carbocycles. The van der Waals surface area contributed by atoms with Crippen LogP contribution < -0.4 is 0 Å². The molecule has 0 aliphatic heterocycles. The lowest BCUT2D eigenvalue weighted by molar-refractivity contribution is 1.19. The van der Waals surface area contributed by atoms with E-state index in [2.05, 4.69) is 170 Å². The van der Waals surface area contributed by atoms with Crippen molar-refractivity contribution in [2.24, 2.45) is 0 Å². The molecule has 0 amide bonds. The van der Waals surface area contributed by atoms with Gasteiger partial charge in [0.15, 0.2) is 0 Å². The van der Waals surface area contributed by atoms with E-state index in [1.165, 1.54) is 71.2 Å². The second-order valence-electron chi connectivity index (χ2n) is 11.3. The summed E-state index contributed by atoms with van der Waals surface area (Å²) in [6.07, 6.45) is 6.25. The van der Waals surface area contributed by atoms with Crippen LogP contribution in [0.15, 0.2) is 152 Å². The molecule has 0 N–H and O–H groups in total. The smallest absolute Gasteiger partial charge is 0.0625 e. The zero-order valence-corrected chi connectivity index (χ0v) is 24.7. The fourth-order valence-electron chi connectivity index (χ4n) is 6.92. The van der Waals surface area contributed by atoms with Gasteiger partial charge >= 0.3 is 0 Å². The monoisotopic (exact) mass is 561 g/mol. The largest absolute Gasteiger partial charge is 0.309 e. The van der Waals surface area contributed by atoms with Crippen LogP contribution in [0.1, 0.15) is 18.1 Å². The van der Waals surface area contributed by atoms with E-state index in [0.29, 0.717) is 0 Å². The van der Waals surface area contributed by atoms with Gasteiger partial charge in [-0.1, -0.05) is 140 Å². The minimum atomic E-state index is 1.14. The van der Waals surface area contributed by atoms with Gasteiger partial charge in [-0.2, -0.15) is 0 Å². The van der Waals surface area contributed by atoms with Gasteiger partial charge in [0.1, 0.15) is 0 Å². The van der Waals surface area contributed by atoms with Gasteiger partial charge in [-0.3, -0.25) is 0 Å². The van der Waals surface area contributed by atoms with Crippen molar-refractivity contribution in [2.45, 2.75) is 6.92 Å². The summed E-state index contributed by atoms with van der Waals surface area (Å²) in [5, 5.41) is 7.59. The van der Waals surface area contributed by atoms with Crippen LogP contribution in [0.3, 0.4) is 0 Å². The normalized spacial score (nSPS) is 11.8. The van der Waals surface area contributed by atoms with Crippen molar-refractivity contribution in [3.63, 3.8) is 0 Å². The molecule has 0 radical (unpaired) electrons. The number of allylic oxidation sites excluding steroid dienone is 1. The predicted molar refractivity (Wildman–Crippen MR) is 191 cm³/mol. The van der Waals surface area contributed by atoms with Gasteiger partial charge in [0, 0.05) is 21.8 Å². The summed E-state index contributed by atoms with van der Waals surface area (Å²) >= 11 is 0. The third-order valence-electron chi connectivity index (χ3n) is 8.86. The number of nitrogens with zero attached hydrogens (tertiary/aromatic N) is 1. The summed E-state index contributed by atoms with van der Waals surface area (Å²) < 4.78 is 2.46. The van der Waals surface area contributed by atoms with Crippen LogP contribution in [-0.2, 0) is 0 Å². The average Bonchev–Trinajstić information content (AvgIpc) is 3.43. The number of hydrogen-bond acceptors (Lipinski definition) is 0. The molecule has 0 atom stereocenters. The molecule has 1 heterocycles. The summed E-state index contributed by atoms with van der Waals surface area (Å²) in [4.78, 5) is 0. The Bertz CT molecular complexity index is 2390. The van der Waals surface area contributed by atoms with E-state index in [1.54, 1.807) is 0 Å². The van der Waals surface area contributed by atoms with Crippen molar-refractivity contribution in [3.05, 3.63) is 163 Å². The SMILES string of the molecule is C=Cc1cc2c3c4ccccc4c4ccccc4c3n(-c3ccc(-c4ccccc4-c4ccccc4)cc3)c2cc1/C=C\C. The maximum Gasteiger partial charge on any atom is 0.0625 e. The first kappa shape index (κ1) is 26.0. The molecule has 1 heteroatoms. The van der Waals surface area contributed by atoms with Crippen LogP contribution in [0.2, 0.25) is 0 Å². The van der Waals surface area contributed by atoms with Crippen LogP contribution in [0, 0.1) is 0 Å². The van der Waals surface area contributed by atoms with Gasteiger partial charge < -0.3 is 4.57 Å². The lowest BCUT2D eigenvalue weighted by Crippen LogP contribution is -1.96. The summed E-state index contributed by atoms with van der Waals surface area (Å²) in [5.41, 5.74) is 10.8. The summed E-state index contributed by atoms with van der Waals surface area (Å²) in [5.74, 6) is 0. The van der Waals surface area contributed by atoms with Gasteiger partial charge in [0.25, 0.3) is 0 Å². The standard InChI is InChI=1S/C43H31N/c1-3-14-32-28-41-40(27-29(32)4-2)42-38-21-12-10-19-36(38)37-20-11-13-22-39(37)43(42)44(41)33-25-23-31(24-26-33)35-18-9-8-17-34(35)30-15-6-5-7-16-30/h3-28H,2H2,1H3/b14-3-. The first-order valence-corrected chi connectivity index (χ1v) is 15.2. The maximum absolute atomic E-state index is 4.16. The number of rotatable bonds is 5. The number of aromatic nitrogens is 1. The number of benzene rings is 7. The lowest BCUT2D eigenvalue weighted by atomic mass is 9.94. The van der Waals surface area contributed by atoms with Crippen LogP contribution in [0.4, 0.5) is 0 Å². The van der Waals surface area contributed by atoms with Gasteiger partial charge in [0.2, 0.25) is 0 Å². The van der Waals surface area contributed by atoms with Gasteiger partial charge in [-0.25, -0.2) is 0 Å². The Hall–Kier alpha value is -5.66. The Kier molecular flexibility index (Phi) is 6.24. The fraction of sp³-hybridized carbons (Fsp3) is 0.0233. The van der Waals surface area contributed by atoms with Crippen molar-refractivity contribution in [2.75, 3.05) is 0 Å². The topological polar surface area (TPSA) is 4.93 Å². The predicted octanol–water partition coefficient (Wildman–Crippen LogP) is 12.1. The van der Waals surface area contributed by atoms with Crippen LogP contribution in [-0.4, -0.2) is 4.57 Å². The third kappa shape index (κ3) is 4.01. The van der Waals surface area contributed by atoms with Crippen molar-refractivity contribution < 1.29 is 0 Å². The quantitative estimate of drug-likeness (QED) is 0.184. The number of fused-ring (bicyclic) bond motifs is 8. The van der Waals surface area contributed by atoms with Gasteiger partial charge in [-0.05, 0) is 80.7 Å². The Morgan fingerprint density at radius 2 is 1.09 bits per heavy atom. The molecule has 1 nitrogen and oxygen atoms in total. The lowest BCUT2D eigenvalue weighted by Gasteiger charge is -2.14. The summed E-state index contributed by atoms with van der Waals surface area (Å²) in [7, 11) is 0. The summed E-state index contributed by atoms with van der Waals surface area (Å²) in [6.45, 7) is 6.23. The number of hydrogen-bond donors (Lipinski definition) is 0. The van der Waals surface area contributed by atoms with E-state index >= 15 is 0 Å². The molecule has 8 aromatic rings. The molecule has 8 rings (SSSR count).